The second kappa shape index (κ2) is 3.06. The number of aromatic nitrogens is 1. The lowest BCUT2D eigenvalue weighted by molar-refractivity contribution is 0.0691. The third-order valence-electron chi connectivity index (χ3n) is 1.38. The van der Waals surface area contributed by atoms with Gasteiger partial charge in [0.1, 0.15) is 5.56 Å². The minimum absolute atomic E-state index is 0.254. The molecule has 0 atom stereocenters. The predicted molar refractivity (Wildman–Crippen MR) is 40.9 cm³/mol. The fourth-order valence-electron chi connectivity index (χ4n) is 0.814. The zero-order valence-electron chi connectivity index (χ0n) is 6.14. The summed E-state index contributed by atoms with van der Waals surface area (Å²) in [5.41, 5.74) is -0.167. The molecule has 1 heterocycles. The van der Waals surface area contributed by atoms with E-state index in [2.05, 4.69) is 4.98 Å². The first-order valence-corrected chi connectivity index (χ1v) is 3.45. The average Bonchev–Trinajstić information content (AvgIpc) is 1.97. The van der Waals surface area contributed by atoms with Gasteiger partial charge in [-0.2, -0.15) is 0 Å². The van der Waals surface area contributed by atoms with Crippen LogP contribution in [0.4, 0.5) is 4.39 Å². The second-order valence-electron chi connectivity index (χ2n) is 2.23. The number of aryl methyl sites for hydroxylation is 1. The molecule has 1 aromatic heterocycles. The van der Waals surface area contributed by atoms with Crippen molar-refractivity contribution in [1.82, 2.24) is 4.98 Å². The summed E-state index contributed by atoms with van der Waals surface area (Å²) in [6.45, 7) is 1.45. The molecule has 0 bridgehead atoms. The highest BCUT2D eigenvalue weighted by Crippen LogP contribution is 2.18. The second-order valence-corrected chi connectivity index (χ2v) is 2.58. The average molecular weight is 190 g/mol. The van der Waals surface area contributed by atoms with Gasteiger partial charge < -0.3 is 5.11 Å². The molecule has 0 spiro atoms. The molecule has 0 radical (unpaired) electrons. The lowest BCUT2D eigenvalue weighted by atomic mass is 10.1. The monoisotopic (exact) mass is 189 g/mol. The fraction of sp³-hybridized carbons (Fsp3) is 0.143. The number of pyridine rings is 1. The summed E-state index contributed by atoms with van der Waals surface area (Å²) in [4.78, 5) is 13.9. The number of carboxylic acid groups (broad SMARTS) is 1. The molecular formula is C7H5ClFNO2. The molecule has 1 aromatic rings. The molecule has 0 saturated heterocycles. The Morgan fingerprint density at radius 1 is 1.75 bits per heavy atom. The van der Waals surface area contributed by atoms with Gasteiger partial charge in [-0.05, 0) is 12.5 Å². The summed E-state index contributed by atoms with van der Waals surface area (Å²) in [5, 5.41) is 8.13. The third kappa shape index (κ3) is 1.38. The molecule has 0 aliphatic heterocycles. The normalized spacial score (nSPS) is 9.92. The number of rotatable bonds is 1. The maximum Gasteiger partial charge on any atom is 0.339 e. The van der Waals surface area contributed by atoms with E-state index in [9.17, 15) is 9.18 Å². The highest BCUT2D eigenvalue weighted by Gasteiger charge is 2.16. The third-order valence-corrected chi connectivity index (χ3v) is 1.64. The largest absolute Gasteiger partial charge is 0.478 e. The first-order chi connectivity index (χ1) is 5.54. The van der Waals surface area contributed by atoms with Gasteiger partial charge in [0.25, 0.3) is 0 Å². The Hall–Kier alpha value is -1.16. The van der Waals surface area contributed by atoms with Crippen LogP contribution >= 0.6 is 11.6 Å². The van der Waals surface area contributed by atoms with Crippen molar-refractivity contribution >= 4 is 17.6 Å². The Kier molecular flexibility index (Phi) is 2.28. The summed E-state index contributed by atoms with van der Waals surface area (Å²) >= 11 is 5.28. The number of hydrogen-bond donors (Lipinski definition) is 1. The van der Waals surface area contributed by atoms with Crippen LogP contribution in [0.2, 0.25) is 5.15 Å². The maximum atomic E-state index is 12.9. The van der Waals surface area contributed by atoms with Crippen molar-refractivity contribution in [1.29, 1.82) is 0 Å². The number of carbonyl (C=O) groups is 1. The maximum absolute atomic E-state index is 12.9. The molecule has 64 valence electrons. The van der Waals surface area contributed by atoms with Gasteiger partial charge in [0.15, 0.2) is 11.0 Å². The summed E-state index contributed by atoms with van der Waals surface area (Å²) < 4.78 is 12.9. The highest BCUT2D eigenvalue weighted by molar-refractivity contribution is 6.29. The van der Waals surface area contributed by atoms with E-state index in [1.165, 1.54) is 13.1 Å². The topological polar surface area (TPSA) is 50.2 Å². The Balaban J connectivity index is 3.43. The van der Waals surface area contributed by atoms with Crippen LogP contribution in [0, 0.1) is 12.7 Å². The molecule has 0 aromatic carbocycles. The molecule has 3 nitrogen and oxygen atoms in total. The molecule has 0 fully saturated rings. The Morgan fingerprint density at radius 3 is 2.75 bits per heavy atom. The van der Waals surface area contributed by atoms with E-state index in [1.54, 1.807) is 0 Å². The van der Waals surface area contributed by atoms with Gasteiger partial charge >= 0.3 is 5.97 Å². The summed E-state index contributed by atoms with van der Waals surface area (Å²) in [5.74, 6) is -2.32. The minimum Gasteiger partial charge on any atom is -0.478 e. The summed E-state index contributed by atoms with van der Waals surface area (Å²) in [6, 6.07) is 0. The Labute approximate surface area is 72.8 Å². The van der Waals surface area contributed by atoms with E-state index < -0.39 is 22.5 Å². The van der Waals surface area contributed by atoms with E-state index in [1.807, 2.05) is 0 Å². The fourth-order valence-corrected chi connectivity index (χ4v) is 0.957. The van der Waals surface area contributed by atoms with E-state index in [-0.39, 0.29) is 5.56 Å². The zero-order valence-corrected chi connectivity index (χ0v) is 6.89. The van der Waals surface area contributed by atoms with Gasteiger partial charge in [0, 0.05) is 6.20 Å². The Morgan fingerprint density at radius 2 is 2.33 bits per heavy atom. The van der Waals surface area contributed by atoms with E-state index >= 15 is 0 Å². The van der Waals surface area contributed by atoms with Crippen LogP contribution in [0.15, 0.2) is 6.20 Å². The molecule has 0 aliphatic carbocycles. The quantitative estimate of drug-likeness (QED) is 0.687. The van der Waals surface area contributed by atoms with Crippen molar-refractivity contribution in [2.45, 2.75) is 6.92 Å². The summed E-state index contributed by atoms with van der Waals surface area (Å²) in [7, 11) is 0. The number of halogens is 2. The van der Waals surface area contributed by atoms with Crippen LogP contribution in [0.5, 0.6) is 0 Å². The van der Waals surface area contributed by atoms with E-state index in [0.29, 0.717) is 0 Å². The number of hydrogen-bond acceptors (Lipinski definition) is 2. The van der Waals surface area contributed by atoms with Crippen molar-refractivity contribution in [3.05, 3.63) is 28.3 Å². The highest BCUT2D eigenvalue weighted by atomic mass is 35.5. The Bertz CT molecular complexity index is 340. The predicted octanol–water partition coefficient (Wildman–Crippen LogP) is 1.88. The number of aromatic carboxylic acids is 1. The first-order valence-electron chi connectivity index (χ1n) is 3.08. The molecular weight excluding hydrogens is 185 g/mol. The molecule has 0 saturated carbocycles. The van der Waals surface area contributed by atoms with Gasteiger partial charge in [-0.1, -0.05) is 11.6 Å². The van der Waals surface area contributed by atoms with Gasteiger partial charge in [0.05, 0.1) is 0 Å². The van der Waals surface area contributed by atoms with E-state index in [4.69, 9.17) is 16.7 Å². The van der Waals surface area contributed by atoms with Gasteiger partial charge in [-0.25, -0.2) is 14.2 Å². The van der Waals surface area contributed by atoms with Crippen molar-refractivity contribution < 1.29 is 14.3 Å². The van der Waals surface area contributed by atoms with Crippen LogP contribution in [-0.2, 0) is 0 Å². The van der Waals surface area contributed by atoms with Crippen LogP contribution in [0.1, 0.15) is 15.9 Å². The van der Waals surface area contributed by atoms with E-state index in [0.717, 1.165) is 0 Å². The van der Waals surface area contributed by atoms with Crippen molar-refractivity contribution in [2.24, 2.45) is 0 Å². The van der Waals surface area contributed by atoms with Gasteiger partial charge in [-0.15, -0.1) is 0 Å². The smallest absolute Gasteiger partial charge is 0.339 e. The standard InChI is InChI=1S/C7H5ClFNO2/c1-3-2-10-6(8)5(9)4(3)7(11)12/h2H,1H3,(H,11,12). The lowest BCUT2D eigenvalue weighted by Gasteiger charge is -2.01. The molecule has 0 aliphatic rings. The van der Waals surface area contributed by atoms with Crippen LogP contribution in [-0.4, -0.2) is 16.1 Å². The van der Waals surface area contributed by atoms with Crippen molar-refractivity contribution in [3.8, 4) is 0 Å². The van der Waals surface area contributed by atoms with Gasteiger partial charge in [-0.3, -0.25) is 0 Å². The first kappa shape index (κ1) is 8.93. The van der Waals surface area contributed by atoms with Crippen LogP contribution in [0.3, 0.4) is 0 Å². The molecule has 0 amide bonds. The molecule has 5 heteroatoms. The van der Waals surface area contributed by atoms with Crippen molar-refractivity contribution in [3.63, 3.8) is 0 Å². The van der Waals surface area contributed by atoms with Crippen LogP contribution < -0.4 is 0 Å². The number of nitrogens with zero attached hydrogens (tertiary/aromatic N) is 1. The van der Waals surface area contributed by atoms with Crippen LogP contribution in [0.25, 0.3) is 0 Å². The molecule has 1 rings (SSSR count). The zero-order chi connectivity index (χ0) is 9.30. The SMILES string of the molecule is Cc1cnc(Cl)c(F)c1C(=O)O. The number of carboxylic acids is 1. The summed E-state index contributed by atoms with van der Waals surface area (Å²) in [6.07, 6.45) is 1.22. The van der Waals surface area contributed by atoms with Gasteiger partial charge in [0.2, 0.25) is 0 Å². The molecule has 0 unspecified atom stereocenters. The van der Waals surface area contributed by atoms with Crippen molar-refractivity contribution in [2.75, 3.05) is 0 Å². The molecule has 1 N–H and O–H groups in total. The minimum atomic E-state index is -1.34. The molecule has 12 heavy (non-hydrogen) atoms. The lowest BCUT2D eigenvalue weighted by Crippen LogP contribution is -2.05.